The molecule has 1 aliphatic rings. The number of hydrogen-bond donors (Lipinski definition) is 0. The molecule has 0 spiro atoms. The highest BCUT2D eigenvalue weighted by molar-refractivity contribution is 6.12. The largest absolute Gasteiger partial charge is 0.328 e. The first-order chi connectivity index (χ1) is 9.44. The number of ether oxygens (including phenoxy) is 3. The monoisotopic (exact) mass is 286 g/mol. The van der Waals surface area contributed by atoms with Gasteiger partial charge in [-0.15, -0.1) is 0 Å². The summed E-state index contributed by atoms with van der Waals surface area (Å²) in [7, 11) is 0. The van der Waals surface area contributed by atoms with Gasteiger partial charge < -0.3 is 14.2 Å². The molecule has 0 heterocycles. The van der Waals surface area contributed by atoms with Crippen LogP contribution in [0.2, 0.25) is 0 Å². The Morgan fingerprint density at radius 2 is 1.35 bits per heavy atom. The molecular formula is C15H26O5. The Kier molecular flexibility index (Phi) is 6.30. The van der Waals surface area contributed by atoms with Crippen molar-refractivity contribution in [1.82, 2.24) is 0 Å². The smallest absolute Gasteiger partial charge is 0.282 e. The Morgan fingerprint density at radius 1 is 0.950 bits per heavy atom. The van der Waals surface area contributed by atoms with Crippen LogP contribution in [0, 0.1) is 5.41 Å². The quantitative estimate of drug-likeness (QED) is 0.481. The third-order valence-electron chi connectivity index (χ3n) is 3.83. The lowest BCUT2D eigenvalue weighted by Crippen LogP contribution is -2.42. The molecule has 0 N–H and O–H groups in total. The summed E-state index contributed by atoms with van der Waals surface area (Å²) >= 11 is 0. The second-order valence-corrected chi connectivity index (χ2v) is 5.16. The van der Waals surface area contributed by atoms with Crippen LogP contribution in [-0.2, 0) is 23.8 Å². The minimum absolute atomic E-state index is 0.0147. The van der Waals surface area contributed by atoms with Gasteiger partial charge in [0, 0.05) is 39.1 Å². The van der Waals surface area contributed by atoms with E-state index in [1.807, 2.05) is 20.8 Å². The van der Waals surface area contributed by atoms with Gasteiger partial charge in [-0.3, -0.25) is 9.59 Å². The van der Waals surface area contributed by atoms with Crippen molar-refractivity contribution in [2.75, 3.05) is 19.8 Å². The fourth-order valence-corrected chi connectivity index (χ4v) is 2.62. The Labute approximate surface area is 121 Å². The van der Waals surface area contributed by atoms with Gasteiger partial charge in [-0.05, 0) is 34.1 Å². The van der Waals surface area contributed by atoms with Gasteiger partial charge in [-0.1, -0.05) is 0 Å². The fourth-order valence-electron chi connectivity index (χ4n) is 2.62. The standard InChI is InChI=1S/C15H26O5/c1-5-18-15(19-6-2,20-7-3)11-10-14(4)12(16)8-9-13(14)17/h5-11H2,1-4H3. The van der Waals surface area contributed by atoms with E-state index in [9.17, 15) is 9.59 Å². The minimum atomic E-state index is -1.15. The number of hydrogen-bond acceptors (Lipinski definition) is 5. The van der Waals surface area contributed by atoms with E-state index in [0.717, 1.165) is 0 Å². The zero-order valence-corrected chi connectivity index (χ0v) is 13.0. The highest BCUT2D eigenvalue weighted by Crippen LogP contribution is 2.38. The first-order valence-electron chi connectivity index (χ1n) is 7.42. The summed E-state index contributed by atoms with van der Waals surface area (Å²) in [5, 5.41) is 0. The summed E-state index contributed by atoms with van der Waals surface area (Å²) in [5.74, 6) is -1.12. The first kappa shape index (κ1) is 17.3. The van der Waals surface area contributed by atoms with Crippen molar-refractivity contribution < 1.29 is 23.8 Å². The van der Waals surface area contributed by atoms with Gasteiger partial charge in [0.25, 0.3) is 5.97 Å². The Bertz CT molecular complexity index is 317. The van der Waals surface area contributed by atoms with Gasteiger partial charge in [-0.25, -0.2) is 0 Å². The van der Waals surface area contributed by atoms with Crippen LogP contribution in [0.1, 0.15) is 53.4 Å². The zero-order valence-electron chi connectivity index (χ0n) is 13.0. The predicted octanol–water partition coefficient (Wildman–Crippen LogP) is 2.47. The molecule has 5 heteroatoms. The van der Waals surface area contributed by atoms with Crippen LogP contribution in [-0.4, -0.2) is 37.4 Å². The maximum atomic E-state index is 12.0. The fraction of sp³-hybridized carbons (Fsp3) is 0.867. The molecule has 1 fully saturated rings. The summed E-state index contributed by atoms with van der Waals surface area (Å²) in [6.45, 7) is 8.64. The molecule has 0 aromatic carbocycles. The lowest BCUT2D eigenvalue weighted by Gasteiger charge is -2.34. The van der Waals surface area contributed by atoms with E-state index in [4.69, 9.17) is 14.2 Å². The van der Waals surface area contributed by atoms with Crippen LogP contribution >= 0.6 is 0 Å². The molecule has 0 aromatic heterocycles. The molecule has 1 rings (SSSR count). The summed E-state index contributed by atoms with van der Waals surface area (Å²) in [4.78, 5) is 23.9. The van der Waals surface area contributed by atoms with E-state index in [-0.39, 0.29) is 11.6 Å². The lowest BCUT2D eigenvalue weighted by atomic mass is 9.81. The summed E-state index contributed by atoms with van der Waals surface area (Å²) in [5.41, 5.74) is -0.906. The van der Waals surface area contributed by atoms with Gasteiger partial charge in [0.1, 0.15) is 11.6 Å². The van der Waals surface area contributed by atoms with E-state index in [1.54, 1.807) is 6.92 Å². The zero-order chi connectivity index (χ0) is 15.2. The Morgan fingerprint density at radius 3 is 1.70 bits per heavy atom. The molecule has 0 aliphatic heterocycles. The third-order valence-corrected chi connectivity index (χ3v) is 3.83. The average molecular weight is 286 g/mol. The molecule has 0 aromatic rings. The first-order valence-corrected chi connectivity index (χ1v) is 7.42. The Hall–Kier alpha value is -0.780. The predicted molar refractivity (Wildman–Crippen MR) is 74.2 cm³/mol. The molecule has 116 valence electrons. The average Bonchev–Trinajstić information content (AvgIpc) is 2.66. The van der Waals surface area contributed by atoms with Crippen molar-refractivity contribution >= 4 is 11.6 Å². The molecule has 20 heavy (non-hydrogen) atoms. The molecule has 1 aliphatic carbocycles. The Balaban J connectivity index is 2.79. The maximum absolute atomic E-state index is 12.0. The normalized spacial score (nSPS) is 18.8. The van der Waals surface area contributed by atoms with Crippen molar-refractivity contribution in [3.05, 3.63) is 0 Å². The van der Waals surface area contributed by atoms with Crippen molar-refractivity contribution in [2.24, 2.45) is 5.41 Å². The second-order valence-electron chi connectivity index (χ2n) is 5.16. The third kappa shape index (κ3) is 3.65. The molecule has 0 unspecified atom stereocenters. The van der Waals surface area contributed by atoms with Crippen molar-refractivity contribution in [3.63, 3.8) is 0 Å². The van der Waals surface area contributed by atoms with Crippen LogP contribution < -0.4 is 0 Å². The summed E-state index contributed by atoms with van der Waals surface area (Å²) < 4.78 is 16.9. The molecule has 0 amide bonds. The molecule has 1 saturated carbocycles. The number of carbonyl (C=O) groups excluding carboxylic acids is 2. The molecule has 0 atom stereocenters. The van der Waals surface area contributed by atoms with Gasteiger partial charge >= 0.3 is 0 Å². The van der Waals surface area contributed by atoms with E-state index >= 15 is 0 Å². The highest BCUT2D eigenvalue weighted by atomic mass is 16.9. The van der Waals surface area contributed by atoms with Crippen LogP contribution in [0.5, 0.6) is 0 Å². The summed E-state index contributed by atoms with van der Waals surface area (Å²) in [6, 6.07) is 0. The van der Waals surface area contributed by atoms with Gasteiger partial charge in [0.2, 0.25) is 0 Å². The van der Waals surface area contributed by atoms with Crippen molar-refractivity contribution in [3.8, 4) is 0 Å². The number of ketones is 2. The number of rotatable bonds is 9. The van der Waals surface area contributed by atoms with Crippen molar-refractivity contribution in [1.29, 1.82) is 0 Å². The molecular weight excluding hydrogens is 260 g/mol. The van der Waals surface area contributed by atoms with E-state index in [2.05, 4.69) is 0 Å². The molecule has 0 radical (unpaired) electrons. The molecule has 5 nitrogen and oxygen atoms in total. The molecule has 0 bridgehead atoms. The van der Waals surface area contributed by atoms with E-state index in [0.29, 0.717) is 45.5 Å². The number of Topliss-reactive ketones (excluding diaryl/α,β-unsaturated/α-hetero) is 2. The minimum Gasteiger partial charge on any atom is -0.328 e. The second kappa shape index (κ2) is 7.29. The molecule has 0 saturated heterocycles. The van der Waals surface area contributed by atoms with Crippen LogP contribution in [0.3, 0.4) is 0 Å². The summed E-state index contributed by atoms with van der Waals surface area (Å²) in [6.07, 6.45) is 1.46. The van der Waals surface area contributed by atoms with Crippen molar-refractivity contribution in [2.45, 2.75) is 59.4 Å². The van der Waals surface area contributed by atoms with Crippen LogP contribution in [0.15, 0.2) is 0 Å². The SMILES string of the molecule is CCOC(CCC1(C)C(=O)CCC1=O)(OCC)OCC. The van der Waals surface area contributed by atoms with E-state index < -0.39 is 11.4 Å². The van der Waals surface area contributed by atoms with Gasteiger partial charge in [-0.2, -0.15) is 0 Å². The van der Waals surface area contributed by atoms with Gasteiger partial charge in [0.05, 0.1) is 5.41 Å². The maximum Gasteiger partial charge on any atom is 0.282 e. The van der Waals surface area contributed by atoms with Crippen LogP contribution in [0.4, 0.5) is 0 Å². The number of carbonyl (C=O) groups is 2. The van der Waals surface area contributed by atoms with Crippen LogP contribution in [0.25, 0.3) is 0 Å². The topological polar surface area (TPSA) is 61.8 Å². The highest BCUT2D eigenvalue weighted by Gasteiger charge is 2.47. The lowest BCUT2D eigenvalue weighted by molar-refractivity contribution is -0.380. The van der Waals surface area contributed by atoms with Gasteiger partial charge in [0.15, 0.2) is 0 Å². The van der Waals surface area contributed by atoms with E-state index in [1.165, 1.54) is 0 Å².